The molecule has 5 rings (SSSR count). The molecule has 0 spiro atoms. The lowest BCUT2D eigenvalue weighted by molar-refractivity contribution is 0.0521. The first-order chi connectivity index (χ1) is 12.1. The topological polar surface area (TPSA) is 50.4 Å². The Morgan fingerprint density at radius 2 is 1.76 bits per heavy atom. The fourth-order valence-electron chi connectivity index (χ4n) is 4.46. The third kappa shape index (κ3) is 2.31. The second-order valence-corrected chi connectivity index (χ2v) is 8.39. The molecule has 2 aromatic heterocycles. The van der Waals surface area contributed by atoms with Crippen molar-refractivity contribution in [1.29, 1.82) is 0 Å². The second kappa shape index (κ2) is 5.29. The second-order valence-electron chi connectivity index (χ2n) is 7.30. The molecule has 1 N–H and O–H groups in total. The standard InChI is InChI=1S/C19H18FN3OS/c20-13-4-1-2-5-14(13)25-15-6-3-11-23-16(15)21-22-17(23)18-7-9-19(24,12-18)10-8-18/h1-6,11,24H,7-10,12H2. The van der Waals surface area contributed by atoms with E-state index >= 15 is 0 Å². The molecule has 0 saturated heterocycles. The van der Waals surface area contributed by atoms with E-state index in [2.05, 4.69) is 10.2 Å². The molecule has 2 bridgehead atoms. The summed E-state index contributed by atoms with van der Waals surface area (Å²) in [7, 11) is 0. The minimum absolute atomic E-state index is 0.0740. The SMILES string of the molecule is OC12CCC(c3nnc4c(Sc5ccccc5F)cccn34)(CC1)C2. The predicted octanol–water partition coefficient (Wildman–Crippen LogP) is 3.97. The van der Waals surface area contributed by atoms with Crippen LogP contribution >= 0.6 is 11.8 Å². The molecule has 3 aromatic rings. The van der Waals surface area contributed by atoms with Crippen molar-refractivity contribution < 1.29 is 9.50 Å². The lowest BCUT2D eigenvalue weighted by Crippen LogP contribution is -2.23. The number of fused-ring (bicyclic) bond motifs is 3. The van der Waals surface area contributed by atoms with E-state index in [4.69, 9.17) is 0 Å². The average Bonchev–Trinajstić information content (AvgIpc) is 3.28. The smallest absolute Gasteiger partial charge is 0.174 e. The van der Waals surface area contributed by atoms with Gasteiger partial charge in [-0.25, -0.2) is 4.39 Å². The molecule has 2 aliphatic carbocycles. The van der Waals surface area contributed by atoms with Crippen LogP contribution in [0.15, 0.2) is 52.4 Å². The molecule has 2 heterocycles. The van der Waals surface area contributed by atoms with Gasteiger partial charge >= 0.3 is 0 Å². The van der Waals surface area contributed by atoms with Gasteiger partial charge in [0.2, 0.25) is 0 Å². The van der Waals surface area contributed by atoms with Gasteiger partial charge in [-0.05, 0) is 56.4 Å². The van der Waals surface area contributed by atoms with Gasteiger partial charge in [0.05, 0.1) is 10.5 Å². The molecule has 4 nitrogen and oxygen atoms in total. The summed E-state index contributed by atoms with van der Waals surface area (Å²) in [5, 5.41) is 19.5. The number of benzene rings is 1. The van der Waals surface area contributed by atoms with Crippen LogP contribution in [0.5, 0.6) is 0 Å². The largest absolute Gasteiger partial charge is 0.390 e. The van der Waals surface area contributed by atoms with Crippen LogP contribution < -0.4 is 0 Å². The third-order valence-corrected chi connectivity index (χ3v) is 6.82. The van der Waals surface area contributed by atoms with Gasteiger partial charge in [-0.2, -0.15) is 0 Å². The number of aromatic nitrogens is 3. The monoisotopic (exact) mass is 355 g/mol. The van der Waals surface area contributed by atoms with Crippen LogP contribution in [0.4, 0.5) is 4.39 Å². The van der Waals surface area contributed by atoms with Crippen molar-refractivity contribution in [3.05, 3.63) is 54.2 Å². The molecule has 128 valence electrons. The van der Waals surface area contributed by atoms with Gasteiger partial charge in [-0.15, -0.1) is 10.2 Å². The van der Waals surface area contributed by atoms with Gasteiger partial charge in [-0.3, -0.25) is 4.40 Å². The molecular weight excluding hydrogens is 337 g/mol. The number of hydrogen-bond acceptors (Lipinski definition) is 4. The first-order valence-electron chi connectivity index (χ1n) is 8.58. The van der Waals surface area contributed by atoms with Crippen LogP contribution in [0.2, 0.25) is 0 Å². The van der Waals surface area contributed by atoms with Crippen LogP contribution in [-0.2, 0) is 5.41 Å². The van der Waals surface area contributed by atoms with E-state index in [1.807, 2.05) is 28.8 Å². The molecule has 2 fully saturated rings. The summed E-state index contributed by atoms with van der Waals surface area (Å²) in [6, 6.07) is 10.7. The number of nitrogens with zero attached hydrogens (tertiary/aromatic N) is 3. The molecule has 2 aliphatic rings. The summed E-state index contributed by atoms with van der Waals surface area (Å²) in [5.74, 6) is 0.705. The maximum Gasteiger partial charge on any atom is 0.174 e. The Labute approximate surface area is 149 Å². The zero-order chi connectivity index (χ0) is 17.1. The van der Waals surface area contributed by atoms with E-state index in [9.17, 15) is 9.50 Å². The lowest BCUT2D eigenvalue weighted by Gasteiger charge is -2.24. The molecule has 0 aliphatic heterocycles. The summed E-state index contributed by atoms with van der Waals surface area (Å²) in [6.07, 6.45) is 6.33. The van der Waals surface area contributed by atoms with E-state index in [1.54, 1.807) is 12.1 Å². The summed E-state index contributed by atoms with van der Waals surface area (Å²) < 4.78 is 16.0. The van der Waals surface area contributed by atoms with Crippen LogP contribution in [0.3, 0.4) is 0 Å². The van der Waals surface area contributed by atoms with Gasteiger partial charge in [-0.1, -0.05) is 23.9 Å². The Balaban J connectivity index is 1.58. The summed E-state index contributed by atoms with van der Waals surface area (Å²) in [6.45, 7) is 0. The summed E-state index contributed by atoms with van der Waals surface area (Å²) >= 11 is 1.37. The average molecular weight is 355 g/mol. The maximum atomic E-state index is 14.0. The highest BCUT2D eigenvalue weighted by Crippen LogP contribution is 2.57. The zero-order valence-electron chi connectivity index (χ0n) is 13.7. The van der Waals surface area contributed by atoms with Crippen molar-refractivity contribution in [2.75, 3.05) is 0 Å². The minimum atomic E-state index is -0.522. The van der Waals surface area contributed by atoms with Crippen molar-refractivity contribution in [1.82, 2.24) is 14.6 Å². The molecule has 0 amide bonds. The lowest BCUT2D eigenvalue weighted by atomic mass is 9.83. The Morgan fingerprint density at radius 3 is 2.48 bits per heavy atom. The van der Waals surface area contributed by atoms with E-state index in [0.29, 0.717) is 4.90 Å². The van der Waals surface area contributed by atoms with Crippen molar-refractivity contribution >= 4 is 17.4 Å². The fourth-order valence-corrected chi connectivity index (χ4v) is 5.38. The van der Waals surface area contributed by atoms with E-state index < -0.39 is 5.60 Å². The fraction of sp³-hybridized carbons (Fsp3) is 0.368. The van der Waals surface area contributed by atoms with Crippen LogP contribution in [0, 0.1) is 5.82 Å². The Morgan fingerprint density at radius 1 is 1.00 bits per heavy atom. The van der Waals surface area contributed by atoms with Crippen molar-refractivity contribution in [2.24, 2.45) is 0 Å². The normalized spacial score (nSPS) is 28.1. The Bertz CT molecular complexity index is 962. The summed E-state index contributed by atoms with van der Waals surface area (Å²) in [5.41, 5.74) is 0.156. The quantitative estimate of drug-likeness (QED) is 0.772. The first kappa shape index (κ1) is 15.3. The third-order valence-electron chi connectivity index (χ3n) is 5.74. The van der Waals surface area contributed by atoms with Crippen molar-refractivity contribution in [3.8, 4) is 0 Å². The van der Waals surface area contributed by atoms with Gasteiger partial charge in [0.15, 0.2) is 5.65 Å². The van der Waals surface area contributed by atoms with Gasteiger partial charge < -0.3 is 5.11 Å². The number of halogens is 1. The number of hydrogen-bond donors (Lipinski definition) is 1. The van der Waals surface area contributed by atoms with Crippen LogP contribution in [-0.4, -0.2) is 25.3 Å². The maximum absolute atomic E-state index is 14.0. The first-order valence-corrected chi connectivity index (χ1v) is 9.39. The van der Waals surface area contributed by atoms with Crippen molar-refractivity contribution in [3.63, 3.8) is 0 Å². The van der Waals surface area contributed by atoms with E-state index in [1.165, 1.54) is 17.8 Å². The molecule has 6 heteroatoms. The Hall–Kier alpha value is -1.92. The Kier molecular flexibility index (Phi) is 3.24. The molecule has 0 radical (unpaired) electrons. The van der Waals surface area contributed by atoms with E-state index in [-0.39, 0.29) is 11.2 Å². The molecule has 2 saturated carbocycles. The highest BCUT2D eigenvalue weighted by Gasteiger charge is 2.56. The van der Waals surface area contributed by atoms with Crippen LogP contribution in [0.1, 0.15) is 37.9 Å². The predicted molar refractivity (Wildman–Crippen MR) is 93.2 cm³/mol. The highest BCUT2D eigenvalue weighted by molar-refractivity contribution is 7.99. The van der Waals surface area contributed by atoms with Crippen LogP contribution in [0.25, 0.3) is 5.65 Å². The number of pyridine rings is 1. The number of rotatable bonds is 3. The molecule has 0 atom stereocenters. The molecular formula is C19H18FN3OS. The molecule has 0 unspecified atom stereocenters. The molecule has 1 aromatic carbocycles. The summed E-state index contributed by atoms with van der Waals surface area (Å²) in [4.78, 5) is 1.46. The van der Waals surface area contributed by atoms with Crippen molar-refractivity contribution in [2.45, 2.75) is 52.9 Å². The van der Waals surface area contributed by atoms with Gasteiger partial charge in [0, 0.05) is 16.5 Å². The zero-order valence-corrected chi connectivity index (χ0v) is 14.5. The highest BCUT2D eigenvalue weighted by atomic mass is 32.2. The molecule has 25 heavy (non-hydrogen) atoms. The van der Waals surface area contributed by atoms with Gasteiger partial charge in [0.1, 0.15) is 11.6 Å². The van der Waals surface area contributed by atoms with E-state index in [0.717, 1.165) is 48.5 Å². The number of aliphatic hydroxyl groups is 1. The van der Waals surface area contributed by atoms with Gasteiger partial charge in [0.25, 0.3) is 0 Å². The minimum Gasteiger partial charge on any atom is -0.390 e.